The molecule has 9 heteroatoms. The molecule has 1 atom stereocenters. The molecule has 1 fully saturated rings. The van der Waals surface area contributed by atoms with Crippen molar-refractivity contribution in [1.82, 2.24) is 4.72 Å². The summed E-state index contributed by atoms with van der Waals surface area (Å²) in [6, 6.07) is 10.4. The first kappa shape index (κ1) is 20.1. The van der Waals surface area contributed by atoms with E-state index in [9.17, 15) is 13.2 Å². The number of amides is 1. The number of benzene rings is 2. The van der Waals surface area contributed by atoms with Crippen molar-refractivity contribution in [3.05, 3.63) is 58.1 Å². The number of halogens is 2. The van der Waals surface area contributed by atoms with E-state index in [4.69, 9.17) is 27.9 Å². The third-order valence-corrected chi connectivity index (χ3v) is 5.95. The number of nitrogens with one attached hydrogen (secondary N) is 2. The van der Waals surface area contributed by atoms with Crippen molar-refractivity contribution in [1.29, 1.82) is 0 Å². The van der Waals surface area contributed by atoms with Crippen LogP contribution >= 0.6 is 23.2 Å². The van der Waals surface area contributed by atoms with Crippen LogP contribution in [0.2, 0.25) is 10.0 Å². The number of sulfonamides is 1. The SMILES string of the molecule is O=C(Nc1cc(Cl)cc(Cl)c1)c1ccc(S(=O)(=O)NC[C@H]2CCCO2)cc1. The molecule has 0 radical (unpaired) electrons. The molecular weight excluding hydrogens is 411 g/mol. The molecule has 0 bridgehead atoms. The quantitative estimate of drug-likeness (QED) is 0.734. The van der Waals surface area contributed by atoms with E-state index in [1.54, 1.807) is 18.2 Å². The van der Waals surface area contributed by atoms with E-state index < -0.39 is 15.9 Å². The Labute approximate surface area is 167 Å². The third kappa shape index (κ3) is 5.43. The predicted octanol–water partition coefficient (Wildman–Crippen LogP) is 3.70. The topological polar surface area (TPSA) is 84.5 Å². The van der Waals surface area contributed by atoms with E-state index in [0.29, 0.717) is 27.9 Å². The molecule has 1 aliphatic heterocycles. The van der Waals surface area contributed by atoms with E-state index in [0.717, 1.165) is 12.8 Å². The highest BCUT2D eigenvalue weighted by Gasteiger charge is 2.20. The van der Waals surface area contributed by atoms with Gasteiger partial charge in [0.05, 0.1) is 11.0 Å². The number of hydrogen-bond donors (Lipinski definition) is 2. The fourth-order valence-electron chi connectivity index (χ4n) is 2.71. The molecule has 3 rings (SSSR count). The first-order valence-corrected chi connectivity index (χ1v) is 10.6. The maximum absolute atomic E-state index is 12.3. The van der Waals surface area contributed by atoms with Crippen molar-refractivity contribution in [2.45, 2.75) is 23.8 Å². The summed E-state index contributed by atoms with van der Waals surface area (Å²) in [7, 11) is -3.66. The Kier molecular flexibility index (Phi) is 6.39. The highest BCUT2D eigenvalue weighted by atomic mass is 35.5. The summed E-state index contributed by atoms with van der Waals surface area (Å²) in [4.78, 5) is 12.4. The van der Waals surface area contributed by atoms with Crippen LogP contribution in [0.3, 0.4) is 0 Å². The zero-order valence-electron chi connectivity index (χ0n) is 14.2. The van der Waals surface area contributed by atoms with Gasteiger partial charge >= 0.3 is 0 Å². The largest absolute Gasteiger partial charge is 0.377 e. The molecule has 0 saturated carbocycles. The van der Waals surface area contributed by atoms with Gasteiger partial charge in [0.2, 0.25) is 10.0 Å². The van der Waals surface area contributed by atoms with E-state index in [1.165, 1.54) is 24.3 Å². The molecule has 27 heavy (non-hydrogen) atoms. The first-order chi connectivity index (χ1) is 12.8. The molecule has 2 aromatic carbocycles. The number of carbonyl (C=O) groups is 1. The lowest BCUT2D eigenvalue weighted by atomic mass is 10.2. The summed E-state index contributed by atoms with van der Waals surface area (Å²) >= 11 is 11.8. The Hall–Kier alpha value is -1.64. The smallest absolute Gasteiger partial charge is 0.255 e. The van der Waals surface area contributed by atoms with Gasteiger partial charge in [-0.15, -0.1) is 0 Å². The van der Waals surface area contributed by atoms with Crippen LogP contribution in [-0.4, -0.2) is 33.6 Å². The zero-order chi connectivity index (χ0) is 19.4. The van der Waals surface area contributed by atoms with Crippen molar-refractivity contribution in [2.75, 3.05) is 18.5 Å². The number of rotatable bonds is 6. The molecule has 6 nitrogen and oxygen atoms in total. The minimum absolute atomic E-state index is 0.0860. The van der Waals surface area contributed by atoms with Gasteiger partial charge < -0.3 is 10.1 Å². The van der Waals surface area contributed by atoms with E-state index in [2.05, 4.69) is 10.0 Å². The monoisotopic (exact) mass is 428 g/mol. The number of hydrogen-bond acceptors (Lipinski definition) is 4. The van der Waals surface area contributed by atoms with Crippen LogP contribution < -0.4 is 10.0 Å². The molecular formula is C18H18Cl2N2O4S. The fourth-order valence-corrected chi connectivity index (χ4v) is 4.30. The second-order valence-electron chi connectivity index (χ2n) is 6.12. The Morgan fingerprint density at radius 1 is 1.11 bits per heavy atom. The van der Waals surface area contributed by atoms with Gasteiger partial charge in [0.15, 0.2) is 0 Å². The van der Waals surface area contributed by atoms with Crippen LogP contribution in [-0.2, 0) is 14.8 Å². The molecule has 0 spiro atoms. The van der Waals surface area contributed by atoms with Gasteiger partial charge in [-0.2, -0.15) is 0 Å². The van der Waals surface area contributed by atoms with Gasteiger partial charge in [0.1, 0.15) is 0 Å². The Bertz CT molecular complexity index is 907. The van der Waals surface area contributed by atoms with Gasteiger partial charge in [0.25, 0.3) is 5.91 Å². The standard InChI is InChI=1S/C18H18Cl2N2O4S/c19-13-8-14(20)10-15(9-13)22-18(23)12-3-5-17(6-4-12)27(24,25)21-11-16-2-1-7-26-16/h3-6,8-10,16,21H,1-2,7,11H2,(H,22,23)/t16-/m1/s1. The number of anilines is 1. The van der Waals surface area contributed by atoms with Crippen LogP contribution in [0.25, 0.3) is 0 Å². The Balaban J connectivity index is 1.65. The van der Waals surface area contributed by atoms with Crippen molar-refractivity contribution >= 4 is 44.8 Å². The zero-order valence-corrected chi connectivity index (χ0v) is 16.6. The van der Waals surface area contributed by atoms with Gasteiger partial charge in [-0.05, 0) is 55.3 Å². The Morgan fingerprint density at radius 3 is 2.37 bits per heavy atom. The molecule has 1 aliphatic rings. The lowest BCUT2D eigenvalue weighted by molar-refractivity contribution is 0.102. The minimum atomic E-state index is -3.66. The van der Waals surface area contributed by atoms with Crippen LogP contribution in [0, 0.1) is 0 Å². The molecule has 0 aliphatic carbocycles. The van der Waals surface area contributed by atoms with Crippen LogP contribution in [0.15, 0.2) is 47.4 Å². The molecule has 1 amide bonds. The lowest BCUT2D eigenvalue weighted by Crippen LogP contribution is -2.31. The molecule has 1 saturated heterocycles. The predicted molar refractivity (Wildman–Crippen MR) is 105 cm³/mol. The highest BCUT2D eigenvalue weighted by Crippen LogP contribution is 2.23. The summed E-state index contributed by atoms with van der Waals surface area (Å²) in [6.07, 6.45) is 1.69. The first-order valence-electron chi connectivity index (χ1n) is 8.32. The molecule has 144 valence electrons. The summed E-state index contributed by atoms with van der Waals surface area (Å²) in [6.45, 7) is 0.897. The summed E-state index contributed by atoms with van der Waals surface area (Å²) in [5, 5.41) is 3.47. The van der Waals surface area contributed by atoms with Crippen molar-refractivity contribution < 1.29 is 17.9 Å². The molecule has 1 heterocycles. The average molecular weight is 429 g/mol. The van der Waals surface area contributed by atoms with Gasteiger partial charge in [-0.3, -0.25) is 4.79 Å². The van der Waals surface area contributed by atoms with Gasteiger partial charge in [0, 0.05) is 34.4 Å². The highest BCUT2D eigenvalue weighted by molar-refractivity contribution is 7.89. The molecule has 0 unspecified atom stereocenters. The molecule has 0 aromatic heterocycles. The van der Waals surface area contributed by atoms with E-state index in [1.807, 2.05) is 0 Å². The van der Waals surface area contributed by atoms with Gasteiger partial charge in [-0.1, -0.05) is 23.2 Å². The maximum Gasteiger partial charge on any atom is 0.255 e. The van der Waals surface area contributed by atoms with Crippen molar-refractivity contribution in [2.24, 2.45) is 0 Å². The van der Waals surface area contributed by atoms with Gasteiger partial charge in [-0.25, -0.2) is 13.1 Å². The summed E-state index contributed by atoms with van der Waals surface area (Å²) in [5.74, 6) is -0.399. The fraction of sp³-hybridized carbons (Fsp3) is 0.278. The number of carbonyl (C=O) groups excluding carboxylic acids is 1. The minimum Gasteiger partial charge on any atom is -0.377 e. The summed E-state index contributed by atoms with van der Waals surface area (Å²) < 4.78 is 32.6. The maximum atomic E-state index is 12.3. The van der Waals surface area contributed by atoms with Crippen LogP contribution in [0.4, 0.5) is 5.69 Å². The van der Waals surface area contributed by atoms with Crippen molar-refractivity contribution in [3.63, 3.8) is 0 Å². The second-order valence-corrected chi connectivity index (χ2v) is 8.76. The normalized spacial score (nSPS) is 17.0. The van der Waals surface area contributed by atoms with Crippen molar-refractivity contribution in [3.8, 4) is 0 Å². The molecule has 2 N–H and O–H groups in total. The molecule has 2 aromatic rings. The lowest BCUT2D eigenvalue weighted by Gasteiger charge is -2.12. The summed E-state index contributed by atoms with van der Waals surface area (Å²) in [5.41, 5.74) is 0.761. The van der Waals surface area contributed by atoms with E-state index in [-0.39, 0.29) is 17.5 Å². The van der Waals surface area contributed by atoms with Crippen LogP contribution in [0.1, 0.15) is 23.2 Å². The number of ether oxygens (including phenoxy) is 1. The Morgan fingerprint density at radius 2 is 1.78 bits per heavy atom. The average Bonchev–Trinajstić information content (AvgIpc) is 3.13. The van der Waals surface area contributed by atoms with Crippen LogP contribution in [0.5, 0.6) is 0 Å². The van der Waals surface area contributed by atoms with E-state index >= 15 is 0 Å². The third-order valence-electron chi connectivity index (χ3n) is 4.07. The second kappa shape index (κ2) is 8.58.